The first-order chi connectivity index (χ1) is 7.76. The fraction of sp³-hybridized carbons (Fsp3) is 0.538. The van der Waals surface area contributed by atoms with Crippen molar-refractivity contribution in [3.8, 4) is 0 Å². The molecule has 0 saturated heterocycles. The van der Waals surface area contributed by atoms with Crippen molar-refractivity contribution in [3.05, 3.63) is 28.8 Å². The van der Waals surface area contributed by atoms with Crippen molar-refractivity contribution in [3.63, 3.8) is 0 Å². The largest absolute Gasteiger partial charge is 0.369 e. The van der Waals surface area contributed by atoms with E-state index in [-0.39, 0.29) is 0 Å². The van der Waals surface area contributed by atoms with Gasteiger partial charge in [0.15, 0.2) is 0 Å². The predicted molar refractivity (Wildman–Crippen MR) is 74.7 cm³/mol. The molecule has 1 aliphatic rings. The number of alkyl halides is 1. The Labute approximate surface area is 111 Å². The summed E-state index contributed by atoms with van der Waals surface area (Å²) in [7, 11) is 0. The third-order valence-corrected chi connectivity index (χ3v) is 3.92. The average molecular weight is 303 g/mol. The minimum Gasteiger partial charge on any atom is -0.369 e. The Hall–Kier alpha value is -0.210. The van der Waals surface area contributed by atoms with Crippen LogP contribution in [0.2, 0.25) is 5.02 Å². The molecule has 0 N–H and O–H groups in total. The summed E-state index contributed by atoms with van der Waals surface area (Å²) in [5.74, 6) is 0. The van der Waals surface area contributed by atoms with Crippen LogP contribution in [0.3, 0.4) is 0 Å². The number of hydrogen-bond acceptors (Lipinski definition) is 1. The van der Waals surface area contributed by atoms with Crippen LogP contribution in [0.15, 0.2) is 18.2 Å². The number of halogens is 2. The molecule has 1 aromatic rings. The highest BCUT2D eigenvalue weighted by molar-refractivity contribution is 9.08. The number of nitrogens with zero attached hydrogens (tertiary/aromatic N) is 1. The quantitative estimate of drug-likeness (QED) is 0.718. The Balaban J connectivity index is 2.20. The van der Waals surface area contributed by atoms with Gasteiger partial charge in [-0.15, -0.1) is 0 Å². The third kappa shape index (κ3) is 2.72. The zero-order valence-corrected chi connectivity index (χ0v) is 11.9. The molecular weight excluding hydrogens is 286 g/mol. The molecule has 1 saturated carbocycles. The first-order valence-corrected chi connectivity index (χ1v) is 7.37. The number of anilines is 1. The van der Waals surface area contributed by atoms with E-state index in [1.807, 2.05) is 0 Å². The standard InChI is InChI=1S/C13H17BrClN/c1-2-7-16(11-5-6-11)12-4-3-10(9-14)13(15)8-12/h3-4,8,11H,2,5-7,9H2,1H3. The Kier molecular flexibility index (Phi) is 4.15. The Morgan fingerprint density at radius 1 is 1.44 bits per heavy atom. The lowest BCUT2D eigenvalue weighted by atomic mass is 10.2. The van der Waals surface area contributed by atoms with Gasteiger partial charge in [0.2, 0.25) is 0 Å². The van der Waals surface area contributed by atoms with Crippen molar-refractivity contribution < 1.29 is 0 Å². The molecule has 16 heavy (non-hydrogen) atoms. The zero-order chi connectivity index (χ0) is 11.5. The zero-order valence-electron chi connectivity index (χ0n) is 9.55. The molecule has 0 radical (unpaired) electrons. The molecule has 0 unspecified atom stereocenters. The Morgan fingerprint density at radius 2 is 2.19 bits per heavy atom. The van der Waals surface area contributed by atoms with E-state index in [1.54, 1.807) is 0 Å². The monoisotopic (exact) mass is 301 g/mol. The fourth-order valence-corrected chi connectivity index (χ4v) is 2.86. The summed E-state index contributed by atoms with van der Waals surface area (Å²) in [6, 6.07) is 7.17. The average Bonchev–Trinajstić information content (AvgIpc) is 3.09. The van der Waals surface area contributed by atoms with Crippen LogP contribution in [-0.2, 0) is 5.33 Å². The van der Waals surface area contributed by atoms with E-state index in [0.29, 0.717) is 0 Å². The summed E-state index contributed by atoms with van der Waals surface area (Å²) in [6.45, 7) is 3.36. The van der Waals surface area contributed by atoms with Crippen LogP contribution in [0.1, 0.15) is 31.7 Å². The number of rotatable bonds is 5. The van der Waals surface area contributed by atoms with Crippen LogP contribution < -0.4 is 4.90 Å². The Bertz CT molecular complexity index is 363. The lowest BCUT2D eigenvalue weighted by Gasteiger charge is -2.24. The van der Waals surface area contributed by atoms with Crippen LogP contribution >= 0.6 is 27.5 Å². The second-order valence-electron chi connectivity index (χ2n) is 4.33. The summed E-state index contributed by atoms with van der Waals surface area (Å²) in [4.78, 5) is 2.49. The minimum atomic E-state index is 0.755. The van der Waals surface area contributed by atoms with E-state index in [1.165, 1.54) is 24.9 Å². The second-order valence-corrected chi connectivity index (χ2v) is 5.30. The first kappa shape index (κ1) is 12.3. The highest BCUT2D eigenvalue weighted by Gasteiger charge is 2.28. The summed E-state index contributed by atoms with van der Waals surface area (Å²) in [6.07, 6.45) is 3.85. The maximum atomic E-state index is 6.24. The molecule has 0 amide bonds. The van der Waals surface area contributed by atoms with Crippen molar-refractivity contribution in [2.45, 2.75) is 37.6 Å². The van der Waals surface area contributed by atoms with Crippen LogP contribution in [0.25, 0.3) is 0 Å². The molecule has 2 rings (SSSR count). The molecule has 0 bridgehead atoms. The van der Waals surface area contributed by atoms with Gasteiger partial charge in [0, 0.05) is 28.6 Å². The topological polar surface area (TPSA) is 3.24 Å². The summed E-state index contributed by atoms with van der Waals surface area (Å²) in [5.41, 5.74) is 2.44. The summed E-state index contributed by atoms with van der Waals surface area (Å²) < 4.78 is 0. The normalized spacial score (nSPS) is 15.2. The molecule has 88 valence electrons. The highest BCUT2D eigenvalue weighted by Crippen LogP contribution is 2.34. The van der Waals surface area contributed by atoms with Crippen LogP contribution in [0.5, 0.6) is 0 Å². The van der Waals surface area contributed by atoms with E-state index in [4.69, 9.17) is 11.6 Å². The fourth-order valence-electron chi connectivity index (χ4n) is 1.97. The summed E-state index contributed by atoms with van der Waals surface area (Å²) in [5, 5.41) is 1.69. The van der Waals surface area contributed by atoms with Gasteiger partial charge in [-0.05, 0) is 37.0 Å². The smallest absolute Gasteiger partial charge is 0.0467 e. The number of benzene rings is 1. The molecule has 1 aliphatic carbocycles. The predicted octanol–water partition coefficient (Wildman–Crippen LogP) is 4.61. The SMILES string of the molecule is CCCN(c1ccc(CBr)c(Cl)c1)C1CC1. The van der Waals surface area contributed by atoms with E-state index in [9.17, 15) is 0 Å². The lowest BCUT2D eigenvalue weighted by Crippen LogP contribution is -2.26. The molecule has 1 aromatic carbocycles. The van der Waals surface area contributed by atoms with Gasteiger partial charge >= 0.3 is 0 Å². The molecule has 0 atom stereocenters. The Morgan fingerprint density at radius 3 is 2.69 bits per heavy atom. The second kappa shape index (κ2) is 5.42. The van der Waals surface area contributed by atoms with E-state index < -0.39 is 0 Å². The summed E-state index contributed by atoms with van der Waals surface area (Å²) >= 11 is 9.69. The lowest BCUT2D eigenvalue weighted by molar-refractivity contribution is 0.763. The molecule has 3 heteroatoms. The van der Waals surface area contributed by atoms with Gasteiger partial charge in [-0.25, -0.2) is 0 Å². The van der Waals surface area contributed by atoms with Gasteiger partial charge in [0.25, 0.3) is 0 Å². The molecule has 0 aliphatic heterocycles. The van der Waals surface area contributed by atoms with Crippen molar-refractivity contribution in [2.75, 3.05) is 11.4 Å². The van der Waals surface area contributed by atoms with E-state index in [2.05, 4.69) is 46.0 Å². The van der Waals surface area contributed by atoms with E-state index in [0.717, 1.165) is 28.5 Å². The maximum absolute atomic E-state index is 6.24. The number of hydrogen-bond donors (Lipinski definition) is 0. The van der Waals surface area contributed by atoms with Gasteiger partial charge in [0.1, 0.15) is 0 Å². The van der Waals surface area contributed by atoms with Crippen molar-refractivity contribution in [1.82, 2.24) is 0 Å². The van der Waals surface area contributed by atoms with Gasteiger partial charge in [-0.2, -0.15) is 0 Å². The van der Waals surface area contributed by atoms with Crippen molar-refractivity contribution >= 4 is 33.2 Å². The molecule has 0 spiro atoms. The first-order valence-electron chi connectivity index (χ1n) is 5.87. The molecule has 1 fully saturated rings. The molecular formula is C13H17BrClN. The van der Waals surface area contributed by atoms with E-state index >= 15 is 0 Å². The van der Waals surface area contributed by atoms with Gasteiger partial charge in [-0.1, -0.05) is 40.5 Å². The van der Waals surface area contributed by atoms with Crippen LogP contribution in [0, 0.1) is 0 Å². The molecule has 1 nitrogen and oxygen atoms in total. The van der Waals surface area contributed by atoms with Gasteiger partial charge in [0.05, 0.1) is 0 Å². The maximum Gasteiger partial charge on any atom is 0.0467 e. The van der Waals surface area contributed by atoms with Crippen molar-refractivity contribution in [2.24, 2.45) is 0 Å². The minimum absolute atomic E-state index is 0.755. The van der Waals surface area contributed by atoms with Gasteiger partial charge < -0.3 is 4.90 Å². The molecule has 0 heterocycles. The van der Waals surface area contributed by atoms with Gasteiger partial charge in [-0.3, -0.25) is 0 Å². The molecule has 0 aromatic heterocycles. The third-order valence-electron chi connectivity index (χ3n) is 2.96. The highest BCUT2D eigenvalue weighted by atomic mass is 79.9. The van der Waals surface area contributed by atoms with Crippen LogP contribution in [0.4, 0.5) is 5.69 Å². The van der Waals surface area contributed by atoms with Crippen molar-refractivity contribution in [1.29, 1.82) is 0 Å². The van der Waals surface area contributed by atoms with Crippen LogP contribution in [-0.4, -0.2) is 12.6 Å².